The first-order chi connectivity index (χ1) is 11.5. The van der Waals surface area contributed by atoms with Crippen LogP contribution in [0.3, 0.4) is 0 Å². The lowest BCUT2D eigenvalue weighted by molar-refractivity contribution is -0.149. The van der Waals surface area contributed by atoms with Crippen molar-refractivity contribution in [1.82, 2.24) is 4.90 Å². The molecule has 0 aromatic heterocycles. The Hall–Kier alpha value is -2.02. The number of carboxylic acid groups (broad SMARTS) is 1. The van der Waals surface area contributed by atoms with E-state index in [-0.39, 0.29) is 24.4 Å². The number of benzene rings is 1. The van der Waals surface area contributed by atoms with Gasteiger partial charge < -0.3 is 14.9 Å². The second-order valence-electron chi connectivity index (χ2n) is 6.15. The molecule has 6 nitrogen and oxygen atoms in total. The summed E-state index contributed by atoms with van der Waals surface area (Å²) in [6, 6.07) is 7.18. The molecule has 1 fully saturated rings. The van der Waals surface area contributed by atoms with Crippen LogP contribution in [0.2, 0.25) is 0 Å². The molecular weight excluding hydrogens is 328 g/mol. The molecule has 0 aliphatic carbocycles. The third-order valence-electron chi connectivity index (χ3n) is 4.73. The number of amides is 2. The molecule has 0 spiro atoms. The Balaban J connectivity index is 1.77. The van der Waals surface area contributed by atoms with E-state index < -0.39 is 11.9 Å². The normalized spacial score (nSPS) is 23.8. The molecular formula is C17H20N2O4S. The summed E-state index contributed by atoms with van der Waals surface area (Å²) in [7, 11) is 0. The number of para-hydroxylation sites is 1. The first-order valence-corrected chi connectivity index (χ1v) is 9.02. The van der Waals surface area contributed by atoms with Gasteiger partial charge in [0.15, 0.2) is 0 Å². The molecule has 0 saturated carbocycles. The molecule has 24 heavy (non-hydrogen) atoms. The maximum Gasteiger partial charge on any atom is 0.308 e. The van der Waals surface area contributed by atoms with Gasteiger partial charge in [0.25, 0.3) is 0 Å². The van der Waals surface area contributed by atoms with Crippen LogP contribution in [-0.2, 0) is 14.4 Å². The van der Waals surface area contributed by atoms with E-state index in [1.807, 2.05) is 24.3 Å². The molecule has 1 N–H and O–H groups in total. The summed E-state index contributed by atoms with van der Waals surface area (Å²) in [4.78, 5) is 40.5. The predicted octanol–water partition coefficient (Wildman–Crippen LogP) is 1.84. The SMILES string of the molecule is C[C@@H]1[C@H](C(=O)O)CCCN1C(=O)CN1C(=O)CSc2ccccc21. The fourth-order valence-electron chi connectivity index (χ4n) is 3.38. The summed E-state index contributed by atoms with van der Waals surface area (Å²) in [5, 5.41) is 9.30. The predicted molar refractivity (Wildman–Crippen MR) is 91.1 cm³/mol. The maximum absolute atomic E-state index is 12.7. The summed E-state index contributed by atoms with van der Waals surface area (Å²) >= 11 is 1.47. The van der Waals surface area contributed by atoms with Crippen molar-refractivity contribution in [3.05, 3.63) is 24.3 Å². The molecule has 2 heterocycles. The Bertz CT molecular complexity index is 678. The Kier molecular flexibility index (Phi) is 4.80. The van der Waals surface area contributed by atoms with Gasteiger partial charge in [-0.15, -0.1) is 11.8 Å². The number of likely N-dealkylation sites (tertiary alicyclic amines) is 1. The lowest BCUT2D eigenvalue weighted by Gasteiger charge is -2.39. The summed E-state index contributed by atoms with van der Waals surface area (Å²) in [5.74, 6) is -1.37. The van der Waals surface area contributed by atoms with Crippen LogP contribution in [0.25, 0.3) is 0 Å². The quantitative estimate of drug-likeness (QED) is 0.902. The Morgan fingerprint density at radius 2 is 2.08 bits per heavy atom. The van der Waals surface area contributed by atoms with Crippen molar-refractivity contribution in [2.45, 2.75) is 30.7 Å². The molecule has 2 atom stereocenters. The molecule has 2 amide bonds. The number of aliphatic carboxylic acids is 1. The minimum absolute atomic E-state index is 0.0346. The fourth-order valence-corrected chi connectivity index (χ4v) is 4.31. The number of anilines is 1. The van der Waals surface area contributed by atoms with Gasteiger partial charge in [-0.3, -0.25) is 14.4 Å². The number of rotatable bonds is 3. The zero-order valence-corrected chi connectivity index (χ0v) is 14.3. The highest BCUT2D eigenvalue weighted by molar-refractivity contribution is 8.00. The van der Waals surface area contributed by atoms with Gasteiger partial charge in [-0.05, 0) is 31.9 Å². The highest BCUT2D eigenvalue weighted by atomic mass is 32.2. The first-order valence-electron chi connectivity index (χ1n) is 8.03. The molecule has 0 radical (unpaired) electrons. The molecule has 7 heteroatoms. The number of piperidine rings is 1. The molecule has 0 unspecified atom stereocenters. The number of fused-ring (bicyclic) bond motifs is 1. The van der Waals surface area contributed by atoms with E-state index in [1.165, 1.54) is 16.7 Å². The third kappa shape index (κ3) is 3.13. The Morgan fingerprint density at radius 1 is 1.33 bits per heavy atom. The number of nitrogens with zero attached hydrogens (tertiary/aromatic N) is 2. The van der Waals surface area contributed by atoms with Crippen molar-refractivity contribution >= 4 is 35.2 Å². The molecule has 1 aromatic carbocycles. The van der Waals surface area contributed by atoms with Crippen LogP contribution >= 0.6 is 11.8 Å². The van der Waals surface area contributed by atoms with Crippen LogP contribution in [0, 0.1) is 5.92 Å². The second-order valence-corrected chi connectivity index (χ2v) is 7.17. The van der Waals surface area contributed by atoms with Crippen molar-refractivity contribution in [3.63, 3.8) is 0 Å². The van der Waals surface area contributed by atoms with Gasteiger partial charge in [0.2, 0.25) is 11.8 Å². The lowest BCUT2D eigenvalue weighted by Crippen LogP contribution is -2.53. The van der Waals surface area contributed by atoms with Gasteiger partial charge in [-0.2, -0.15) is 0 Å². The van der Waals surface area contributed by atoms with E-state index in [0.717, 1.165) is 10.6 Å². The largest absolute Gasteiger partial charge is 0.481 e. The van der Waals surface area contributed by atoms with Crippen LogP contribution in [-0.4, -0.2) is 52.7 Å². The van der Waals surface area contributed by atoms with Crippen molar-refractivity contribution < 1.29 is 19.5 Å². The van der Waals surface area contributed by atoms with Crippen molar-refractivity contribution in [2.75, 3.05) is 23.7 Å². The van der Waals surface area contributed by atoms with E-state index >= 15 is 0 Å². The molecule has 2 aliphatic heterocycles. The summed E-state index contributed by atoms with van der Waals surface area (Å²) in [5.41, 5.74) is 0.756. The molecule has 2 aliphatic rings. The summed E-state index contributed by atoms with van der Waals surface area (Å²) < 4.78 is 0. The van der Waals surface area contributed by atoms with Crippen molar-refractivity contribution in [1.29, 1.82) is 0 Å². The molecule has 3 rings (SSSR count). The summed E-state index contributed by atoms with van der Waals surface area (Å²) in [6.07, 6.45) is 1.26. The smallest absolute Gasteiger partial charge is 0.308 e. The third-order valence-corrected chi connectivity index (χ3v) is 5.77. The van der Waals surface area contributed by atoms with Crippen LogP contribution in [0.5, 0.6) is 0 Å². The van der Waals surface area contributed by atoms with Crippen LogP contribution < -0.4 is 4.90 Å². The first kappa shape index (κ1) is 16.8. The number of hydrogen-bond donors (Lipinski definition) is 1. The molecule has 0 bridgehead atoms. The number of carbonyl (C=O) groups is 3. The Labute approximate surface area is 144 Å². The van der Waals surface area contributed by atoms with E-state index in [9.17, 15) is 19.5 Å². The molecule has 1 aromatic rings. The minimum Gasteiger partial charge on any atom is -0.481 e. The van der Waals surface area contributed by atoms with Gasteiger partial charge in [-0.1, -0.05) is 12.1 Å². The van der Waals surface area contributed by atoms with E-state index in [2.05, 4.69) is 0 Å². The van der Waals surface area contributed by atoms with Crippen molar-refractivity contribution in [2.24, 2.45) is 5.92 Å². The van der Waals surface area contributed by atoms with E-state index in [4.69, 9.17) is 0 Å². The van der Waals surface area contributed by atoms with Crippen LogP contribution in [0.4, 0.5) is 5.69 Å². The highest BCUT2D eigenvalue weighted by Gasteiger charge is 2.36. The lowest BCUT2D eigenvalue weighted by atomic mass is 9.90. The van der Waals surface area contributed by atoms with Crippen LogP contribution in [0.1, 0.15) is 19.8 Å². The number of hydrogen-bond acceptors (Lipinski definition) is 4. The van der Waals surface area contributed by atoms with Gasteiger partial charge >= 0.3 is 5.97 Å². The van der Waals surface area contributed by atoms with E-state index in [1.54, 1.807) is 11.8 Å². The second kappa shape index (κ2) is 6.84. The number of thioether (sulfide) groups is 1. The average molecular weight is 348 g/mol. The monoisotopic (exact) mass is 348 g/mol. The number of carboxylic acids is 1. The van der Waals surface area contributed by atoms with Gasteiger partial charge in [0, 0.05) is 17.5 Å². The molecule has 128 valence electrons. The summed E-state index contributed by atoms with van der Waals surface area (Å²) in [6.45, 7) is 2.28. The zero-order chi connectivity index (χ0) is 17.3. The van der Waals surface area contributed by atoms with Gasteiger partial charge in [0.05, 0.1) is 17.4 Å². The van der Waals surface area contributed by atoms with Crippen molar-refractivity contribution in [3.8, 4) is 0 Å². The average Bonchev–Trinajstić information content (AvgIpc) is 2.57. The Morgan fingerprint density at radius 3 is 2.83 bits per heavy atom. The highest BCUT2D eigenvalue weighted by Crippen LogP contribution is 2.35. The van der Waals surface area contributed by atoms with Gasteiger partial charge in [0.1, 0.15) is 6.54 Å². The standard InChI is InChI=1S/C17H20N2O4S/c1-11-12(17(22)23)5-4-8-18(11)15(20)9-19-13-6-2-3-7-14(13)24-10-16(19)21/h2-3,6-7,11-12H,4-5,8-10H2,1H3,(H,22,23)/t11-,12-/m1/s1. The van der Waals surface area contributed by atoms with Crippen LogP contribution in [0.15, 0.2) is 29.2 Å². The molecule has 1 saturated heterocycles. The number of carbonyl (C=O) groups excluding carboxylic acids is 2. The maximum atomic E-state index is 12.7. The fraction of sp³-hybridized carbons (Fsp3) is 0.471. The minimum atomic E-state index is -0.865. The van der Waals surface area contributed by atoms with E-state index in [0.29, 0.717) is 25.1 Å². The topological polar surface area (TPSA) is 77.9 Å². The zero-order valence-electron chi connectivity index (χ0n) is 13.5. The van der Waals surface area contributed by atoms with Gasteiger partial charge in [-0.25, -0.2) is 0 Å².